The Balaban J connectivity index is 1.47. The van der Waals surface area contributed by atoms with Gasteiger partial charge in [-0.1, -0.05) is 29.4 Å². The largest absolute Gasteiger partial charge is 0.348 e. The number of hydrogen-bond donors (Lipinski definition) is 1. The summed E-state index contributed by atoms with van der Waals surface area (Å²) >= 11 is 9.12. The van der Waals surface area contributed by atoms with Crippen LogP contribution in [0.25, 0.3) is 5.69 Å². The summed E-state index contributed by atoms with van der Waals surface area (Å²) in [7, 11) is 0. The molecule has 0 saturated heterocycles. The molecule has 0 unspecified atom stereocenters. The van der Waals surface area contributed by atoms with Crippen molar-refractivity contribution >= 4 is 40.6 Å². The van der Waals surface area contributed by atoms with E-state index in [1.807, 2.05) is 35.8 Å². The van der Waals surface area contributed by atoms with Crippen LogP contribution >= 0.6 is 34.7 Å². The Bertz CT molecular complexity index is 950. The van der Waals surface area contributed by atoms with Crippen LogP contribution in [0, 0.1) is 6.92 Å². The molecule has 134 valence electrons. The molecule has 0 atom stereocenters. The number of thiazole rings is 1. The fourth-order valence-electron chi connectivity index (χ4n) is 2.44. The lowest BCUT2D eigenvalue weighted by molar-refractivity contribution is 0.0946. The van der Waals surface area contributed by atoms with Gasteiger partial charge in [0.1, 0.15) is 16.5 Å². The zero-order valence-electron chi connectivity index (χ0n) is 14.0. The molecule has 6 nitrogen and oxygen atoms in total. The molecule has 3 aromatic rings. The summed E-state index contributed by atoms with van der Waals surface area (Å²) in [6, 6.07) is 7.92. The maximum atomic E-state index is 12.0. The van der Waals surface area contributed by atoms with E-state index in [0.717, 1.165) is 34.5 Å². The smallest absolute Gasteiger partial charge is 0.270 e. The number of aromatic nitrogens is 4. The molecule has 1 saturated carbocycles. The molecule has 0 aliphatic heterocycles. The second kappa shape index (κ2) is 7.38. The summed E-state index contributed by atoms with van der Waals surface area (Å²) in [5, 5.41) is 15.5. The molecule has 4 rings (SSSR count). The summed E-state index contributed by atoms with van der Waals surface area (Å²) < 4.78 is 1.96. The minimum absolute atomic E-state index is 0.0852. The summed E-state index contributed by atoms with van der Waals surface area (Å²) in [5.74, 6) is 1.33. The molecule has 9 heteroatoms. The number of aryl methyl sites for hydroxylation is 1. The average Bonchev–Trinajstić information content (AvgIpc) is 3.17. The van der Waals surface area contributed by atoms with Crippen LogP contribution in [0.2, 0.25) is 5.02 Å². The van der Waals surface area contributed by atoms with Gasteiger partial charge in [-0.2, -0.15) is 0 Å². The van der Waals surface area contributed by atoms with E-state index in [9.17, 15) is 4.79 Å². The SMILES string of the molecule is Cc1nnc(SCc2nc(C(=O)NC3CC3)cs2)n1-c1cccc(Cl)c1. The third-order valence-corrected chi connectivity index (χ3v) is 6.09. The monoisotopic (exact) mass is 405 g/mol. The van der Waals surface area contributed by atoms with Crippen molar-refractivity contribution in [3.8, 4) is 5.69 Å². The Morgan fingerprint density at radius 3 is 3.04 bits per heavy atom. The highest BCUT2D eigenvalue weighted by atomic mass is 35.5. The molecule has 2 heterocycles. The lowest BCUT2D eigenvalue weighted by atomic mass is 10.3. The normalized spacial score (nSPS) is 13.8. The fourth-order valence-corrected chi connectivity index (χ4v) is 4.42. The maximum absolute atomic E-state index is 12.0. The standard InChI is InChI=1S/C17H16ClN5OS2/c1-10-21-22-17(23(10)13-4-2-3-11(18)7-13)26-9-15-20-14(8-25-15)16(24)19-12-5-6-12/h2-4,7-8,12H,5-6,9H2,1H3,(H,19,24). The lowest BCUT2D eigenvalue weighted by Gasteiger charge is -2.08. The Labute approximate surface area is 164 Å². The van der Waals surface area contributed by atoms with E-state index in [1.54, 1.807) is 5.38 Å². The van der Waals surface area contributed by atoms with Crippen molar-refractivity contribution in [1.29, 1.82) is 0 Å². The number of rotatable bonds is 6. The van der Waals surface area contributed by atoms with Gasteiger partial charge < -0.3 is 5.32 Å². The first-order valence-corrected chi connectivity index (χ1v) is 10.4. The Morgan fingerprint density at radius 2 is 2.27 bits per heavy atom. The zero-order chi connectivity index (χ0) is 18.1. The summed E-state index contributed by atoms with van der Waals surface area (Å²) in [6.07, 6.45) is 2.13. The van der Waals surface area contributed by atoms with Crippen LogP contribution < -0.4 is 5.32 Å². The third-order valence-electron chi connectivity index (χ3n) is 3.88. The average molecular weight is 406 g/mol. The quantitative estimate of drug-likeness (QED) is 0.630. The maximum Gasteiger partial charge on any atom is 0.270 e. The second-order valence-electron chi connectivity index (χ2n) is 6.01. The van der Waals surface area contributed by atoms with Crippen molar-refractivity contribution in [1.82, 2.24) is 25.1 Å². The molecule has 1 aromatic carbocycles. The van der Waals surface area contributed by atoms with Crippen LogP contribution in [-0.2, 0) is 5.75 Å². The van der Waals surface area contributed by atoms with E-state index < -0.39 is 0 Å². The minimum Gasteiger partial charge on any atom is -0.348 e. The summed E-state index contributed by atoms with van der Waals surface area (Å²) in [4.78, 5) is 16.5. The van der Waals surface area contributed by atoms with Crippen molar-refractivity contribution in [3.05, 3.63) is 51.2 Å². The number of thioether (sulfide) groups is 1. The van der Waals surface area contributed by atoms with Gasteiger partial charge in [0.05, 0.1) is 11.4 Å². The highest BCUT2D eigenvalue weighted by Gasteiger charge is 2.24. The molecule has 26 heavy (non-hydrogen) atoms. The van der Waals surface area contributed by atoms with Crippen LogP contribution in [0.1, 0.15) is 34.2 Å². The Morgan fingerprint density at radius 1 is 1.42 bits per heavy atom. The van der Waals surface area contributed by atoms with Gasteiger partial charge in [-0.25, -0.2) is 4.98 Å². The first kappa shape index (κ1) is 17.5. The second-order valence-corrected chi connectivity index (χ2v) is 8.33. The van der Waals surface area contributed by atoms with Crippen molar-refractivity contribution in [2.75, 3.05) is 0 Å². The first-order valence-electron chi connectivity index (χ1n) is 8.16. The predicted octanol–water partition coefficient (Wildman–Crippen LogP) is 3.87. The first-order chi connectivity index (χ1) is 12.6. The highest BCUT2D eigenvalue weighted by molar-refractivity contribution is 7.98. The topological polar surface area (TPSA) is 72.7 Å². The van der Waals surface area contributed by atoms with Crippen LogP contribution in [0.5, 0.6) is 0 Å². The summed E-state index contributed by atoms with van der Waals surface area (Å²) in [5.41, 5.74) is 1.41. The Hall–Kier alpha value is -1.90. The van der Waals surface area contributed by atoms with Crippen LogP contribution in [0.3, 0.4) is 0 Å². The van der Waals surface area contributed by atoms with E-state index in [2.05, 4.69) is 20.5 Å². The molecule has 0 bridgehead atoms. The molecule has 1 fully saturated rings. The molecule has 1 amide bonds. The molecule has 0 radical (unpaired) electrons. The molecular weight excluding hydrogens is 390 g/mol. The highest BCUT2D eigenvalue weighted by Crippen LogP contribution is 2.27. The molecule has 0 spiro atoms. The van der Waals surface area contributed by atoms with Gasteiger partial charge in [-0.15, -0.1) is 21.5 Å². The molecular formula is C17H16ClN5OS2. The number of nitrogens with zero attached hydrogens (tertiary/aromatic N) is 4. The molecule has 1 aliphatic rings. The van der Waals surface area contributed by atoms with Crippen molar-refractivity contribution in [2.24, 2.45) is 0 Å². The van der Waals surface area contributed by atoms with Gasteiger partial charge in [-0.05, 0) is 38.0 Å². The molecule has 2 aromatic heterocycles. The molecule has 1 aliphatic carbocycles. The van der Waals surface area contributed by atoms with E-state index in [0.29, 0.717) is 22.5 Å². The summed E-state index contributed by atoms with van der Waals surface area (Å²) in [6.45, 7) is 1.90. The minimum atomic E-state index is -0.0852. The number of carbonyl (C=O) groups is 1. The third kappa shape index (κ3) is 3.92. The van der Waals surface area contributed by atoms with E-state index >= 15 is 0 Å². The number of carbonyl (C=O) groups excluding carboxylic acids is 1. The number of nitrogens with one attached hydrogen (secondary N) is 1. The van der Waals surface area contributed by atoms with Gasteiger partial charge in [0.25, 0.3) is 5.91 Å². The van der Waals surface area contributed by atoms with Gasteiger partial charge >= 0.3 is 0 Å². The Kier molecular flexibility index (Phi) is 4.97. The van der Waals surface area contributed by atoms with Gasteiger partial charge in [0.2, 0.25) is 0 Å². The number of halogens is 1. The van der Waals surface area contributed by atoms with Crippen molar-refractivity contribution < 1.29 is 4.79 Å². The van der Waals surface area contributed by atoms with Crippen molar-refractivity contribution in [2.45, 2.75) is 36.7 Å². The van der Waals surface area contributed by atoms with E-state index in [-0.39, 0.29) is 5.91 Å². The van der Waals surface area contributed by atoms with E-state index in [1.165, 1.54) is 23.1 Å². The zero-order valence-corrected chi connectivity index (χ0v) is 16.4. The van der Waals surface area contributed by atoms with Gasteiger partial charge in [-0.3, -0.25) is 9.36 Å². The van der Waals surface area contributed by atoms with Gasteiger partial charge in [0, 0.05) is 16.4 Å². The fraction of sp³-hybridized carbons (Fsp3) is 0.294. The number of benzene rings is 1. The van der Waals surface area contributed by atoms with Gasteiger partial charge in [0.15, 0.2) is 5.16 Å². The van der Waals surface area contributed by atoms with Crippen LogP contribution in [-0.4, -0.2) is 31.7 Å². The number of amides is 1. The van der Waals surface area contributed by atoms with Crippen LogP contribution in [0.15, 0.2) is 34.8 Å². The molecule has 1 N–H and O–H groups in total. The van der Waals surface area contributed by atoms with E-state index in [4.69, 9.17) is 11.6 Å². The predicted molar refractivity (Wildman–Crippen MR) is 103 cm³/mol. The van der Waals surface area contributed by atoms with Crippen LogP contribution in [0.4, 0.5) is 0 Å². The number of hydrogen-bond acceptors (Lipinski definition) is 6. The van der Waals surface area contributed by atoms with Crippen molar-refractivity contribution in [3.63, 3.8) is 0 Å². The lowest BCUT2D eigenvalue weighted by Crippen LogP contribution is -2.25.